The number of rotatable bonds is 4. The molecule has 8 heteroatoms. The minimum Gasteiger partial charge on any atom is -0.403 e. The highest BCUT2D eigenvalue weighted by atomic mass is 16.8. The third-order valence-corrected chi connectivity index (χ3v) is 3.80. The van der Waals surface area contributed by atoms with E-state index >= 15 is 0 Å². The summed E-state index contributed by atoms with van der Waals surface area (Å²) < 4.78 is 34.4. The zero-order valence-electron chi connectivity index (χ0n) is 11.6. The van der Waals surface area contributed by atoms with Gasteiger partial charge in [0.2, 0.25) is 0 Å². The summed E-state index contributed by atoms with van der Waals surface area (Å²) in [5, 5.41) is 0. The van der Waals surface area contributed by atoms with E-state index in [-0.39, 0.29) is 44.9 Å². The molecule has 106 valence electrons. The van der Waals surface area contributed by atoms with E-state index < -0.39 is 0 Å². The first kappa shape index (κ1) is 13.9. The Hall–Kier alpha value is -0.110. The average molecular weight is 270 g/mol. The van der Waals surface area contributed by atoms with E-state index in [2.05, 4.69) is 0 Å². The van der Waals surface area contributed by atoms with Crippen LogP contribution < -0.4 is 0 Å². The van der Waals surface area contributed by atoms with Gasteiger partial charge in [-0.05, 0) is 12.6 Å². The van der Waals surface area contributed by atoms with Crippen molar-refractivity contribution in [2.45, 2.75) is 57.2 Å². The Morgan fingerprint density at radius 3 is 2.26 bits per heavy atom. The van der Waals surface area contributed by atoms with Gasteiger partial charge in [-0.1, -0.05) is 13.8 Å². The van der Waals surface area contributed by atoms with E-state index in [4.69, 9.17) is 28.1 Å². The first-order valence-electron chi connectivity index (χ1n) is 7.03. The van der Waals surface area contributed by atoms with Crippen LogP contribution in [0, 0.1) is 0 Å². The zero-order chi connectivity index (χ0) is 13.4. The molecule has 0 amide bonds. The van der Waals surface area contributed by atoms with E-state index in [0.717, 1.165) is 12.6 Å². The van der Waals surface area contributed by atoms with Crippen LogP contribution in [0.1, 0.15) is 13.8 Å². The highest BCUT2D eigenvalue weighted by molar-refractivity contribution is 6.45. The summed E-state index contributed by atoms with van der Waals surface area (Å²) in [6.07, 6.45) is 0.635. The fourth-order valence-electron chi connectivity index (χ4n) is 2.88. The molecule has 3 aliphatic rings. The van der Waals surface area contributed by atoms with Crippen molar-refractivity contribution in [3.8, 4) is 0 Å². The lowest BCUT2D eigenvalue weighted by Crippen LogP contribution is -2.54. The second-order valence-electron chi connectivity index (χ2n) is 5.11. The van der Waals surface area contributed by atoms with Crippen molar-refractivity contribution in [1.29, 1.82) is 0 Å². The largest absolute Gasteiger partial charge is 0.458 e. The summed E-state index contributed by atoms with van der Waals surface area (Å²) in [4.78, 5) is 0. The van der Waals surface area contributed by atoms with Crippen LogP contribution in [-0.2, 0) is 28.1 Å². The molecular weight excluding hydrogens is 250 g/mol. The Balaban J connectivity index is 1.72. The molecular formula is C11H20B2O6. The Labute approximate surface area is 114 Å². The number of methoxy groups -OCH3 is 1. The summed E-state index contributed by atoms with van der Waals surface area (Å²) in [6.45, 7) is 4.54. The van der Waals surface area contributed by atoms with Gasteiger partial charge in [0.1, 0.15) is 18.3 Å². The summed E-state index contributed by atoms with van der Waals surface area (Å²) in [5.41, 5.74) is 0. The molecule has 0 N–H and O–H groups in total. The quantitative estimate of drug-likeness (QED) is 0.696. The molecule has 0 aliphatic carbocycles. The van der Waals surface area contributed by atoms with Gasteiger partial charge in [-0.25, -0.2) is 0 Å². The van der Waals surface area contributed by atoms with Crippen LogP contribution in [0.25, 0.3) is 0 Å². The smallest absolute Gasteiger partial charge is 0.403 e. The molecule has 6 nitrogen and oxygen atoms in total. The second kappa shape index (κ2) is 5.71. The molecule has 0 aromatic rings. The second-order valence-corrected chi connectivity index (χ2v) is 5.11. The zero-order valence-corrected chi connectivity index (χ0v) is 11.6. The van der Waals surface area contributed by atoms with E-state index in [9.17, 15) is 0 Å². The SMILES string of the molecule is CCB1OC2OC3C(COC)OB(CC)OC3C2O1. The maximum Gasteiger partial charge on any atom is 0.458 e. The lowest BCUT2D eigenvalue weighted by Gasteiger charge is -2.37. The van der Waals surface area contributed by atoms with Crippen LogP contribution >= 0.6 is 0 Å². The molecule has 0 bridgehead atoms. The van der Waals surface area contributed by atoms with E-state index in [1.54, 1.807) is 7.11 Å². The number of ether oxygens (including phenoxy) is 2. The lowest BCUT2D eigenvalue weighted by molar-refractivity contribution is -0.142. The number of fused-ring (bicyclic) bond motifs is 3. The van der Waals surface area contributed by atoms with Crippen LogP contribution in [0.4, 0.5) is 0 Å². The van der Waals surface area contributed by atoms with Crippen molar-refractivity contribution in [3.05, 3.63) is 0 Å². The van der Waals surface area contributed by atoms with Gasteiger partial charge in [-0.3, -0.25) is 0 Å². The summed E-state index contributed by atoms with van der Waals surface area (Å²) in [5.74, 6) is 0. The minimum absolute atomic E-state index is 0.133. The van der Waals surface area contributed by atoms with Gasteiger partial charge < -0.3 is 28.1 Å². The normalized spacial score (nSPS) is 41.5. The molecule has 0 saturated carbocycles. The minimum atomic E-state index is -0.349. The standard InChI is InChI=1S/C11H20B2O6/c1-4-12-16-7(6-14-3)8-9(17-12)10-11(15-8)19-13(5-2)18-10/h7-11H,4-6H2,1-3H3. The van der Waals surface area contributed by atoms with Gasteiger partial charge in [0.25, 0.3) is 0 Å². The highest BCUT2D eigenvalue weighted by Crippen LogP contribution is 2.38. The number of hydrogen-bond acceptors (Lipinski definition) is 6. The van der Waals surface area contributed by atoms with E-state index in [1.165, 1.54) is 0 Å². The molecule has 3 fully saturated rings. The number of hydrogen-bond donors (Lipinski definition) is 0. The molecule has 5 unspecified atom stereocenters. The lowest BCUT2D eigenvalue weighted by atomic mass is 9.81. The van der Waals surface area contributed by atoms with Crippen LogP contribution in [0.15, 0.2) is 0 Å². The van der Waals surface area contributed by atoms with Crippen molar-refractivity contribution >= 4 is 14.2 Å². The van der Waals surface area contributed by atoms with Crippen LogP contribution in [-0.4, -0.2) is 58.7 Å². The highest BCUT2D eigenvalue weighted by Gasteiger charge is 2.58. The van der Waals surface area contributed by atoms with Gasteiger partial charge in [0.05, 0.1) is 12.7 Å². The molecule has 0 spiro atoms. The predicted octanol–water partition coefficient (Wildman–Crippen LogP) is 0.573. The van der Waals surface area contributed by atoms with Gasteiger partial charge >= 0.3 is 14.2 Å². The molecule has 3 heterocycles. The van der Waals surface area contributed by atoms with Crippen LogP contribution in [0.2, 0.25) is 12.6 Å². The van der Waals surface area contributed by atoms with Crippen molar-refractivity contribution in [1.82, 2.24) is 0 Å². The van der Waals surface area contributed by atoms with Crippen molar-refractivity contribution < 1.29 is 28.1 Å². The van der Waals surface area contributed by atoms with Crippen molar-refractivity contribution in [2.24, 2.45) is 0 Å². The van der Waals surface area contributed by atoms with Crippen molar-refractivity contribution in [2.75, 3.05) is 13.7 Å². The van der Waals surface area contributed by atoms with Gasteiger partial charge in [-0.2, -0.15) is 0 Å². The third-order valence-electron chi connectivity index (χ3n) is 3.80. The Morgan fingerprint density at radius 2 is 1.58 bits per heavy atom. The summed E-state index contributed by atoms with van der Waals surface area (Å²) in [7, 11) is 1.24. The average Bonchev–Trinajstić information content (AvgIpc) is 2.96. The van der Waals surface area contributed by atoms with Gasteiger partial charge in [0.15, 0.2) is 6.29 Å². The van der Waals surface area contributed by atoms with Crippen molar-refractivity contribution in [3.63, 3.8) is 0 Å². The molecule has 0 aromatic heterocycles. The van der Waals surface area contributed by atoms with E-state index in [0.29, 0.717) is 6.61 Å². The van der Waals surface area contributed by atoms with Gasteiger partial charge in [0, 0.05) is 7.11 Å². The molecule has 3 rings (SSSR count). The fourth-order valence-corrected chi connectivity index (χ4v) is 2.88. The molecule has 5 atom stereocenters. The fraction of sp³-hybridized carbons (Fsp3) is 1.00. The summed E-state index contributed by atoms with van der Waals surface area (Å²) in [6, 6.07) is 0. The molecule has 19 heavy (non-hydrogen) atoms. The maximum absolute atomic E-state index is 5.94. The van der Waals surface area contributed by atoms with Crippen LogP contribution in [0.3, 0.4) is 0 Å². The Morgan fingerprint density at radius 1 is 0.895 bits per heavy atom. The molecule has 0 aromatic carbocycles. The molecule has 3 aliphatic heterocycles. The Bertz CT molecular complexity index is 320. The topological polar surface area (TPSA) is 55.4 Å². The Kier molecular flexibility index (Phi) is 4.17. The third kappa shape index (κ3) is 2.46. The van der Waals surface area contributed by atoms with Gasteiger partial charge in [-0.15, -0.1) is 0 Å². The molecule has 0 radical (unpaired) electrons. The summed E-state index contributed by atoms with van der Waals surface area (Å²) >= 11 is 0. The maximum atomic E-state index is 5.94. The first-order valence-corrected chi connectivity index (χ1v) is 7.03. The predicted molar refractivity (Wildman–Crippen MR) is 68.7 cm³/mol. The molecule has 3 saturated heterocycles. The monoisotopic (exact) mass is 270 g/mol. The van der Waals surface area contributed by atoms with E-state index in [1.807, 2.05) is 13.8 Å². The van der Waals surface area contributed by atoms with Crippen LogP contribution in [0.5, 0.6) is 0 Å². The first-order chi connectivity index (χ1) is 9.26.